The van der Waals surface area contributed by atoms with Gasteiger partial charge in [-0.05, 0) is 42.1 Å². The van der Waals surface area contributed by atoms with Crippen LogP contribution in [0.3, 0.4) is 0 Å². The van der Waals surface area contributed by atoms with Gasteiger partial charge in [-0.3, -0.25) is 9.59 Å². The van der Waals surface area contributed by atoms with Gasteiger partial charge in [-0.25, -0.2) is 0 Å². The first-order chi connectivity index (χ1) is 13.2. The molecule has 1 heterocycles. The number of carbonyl (C=O) groups excluding carboxylic acids is 2. The van der Waals surface area contributed by atoms with Gasteiger partial charge in [0.15, 0.2) is 5.75 Å². The predicted molar refractivity (Wildman–Crippen MR) is 107 cm³/mol. The highest BCUT2D eigenvalue weighted by atomic mass is 32.1. The average Bonchev–Trinajstić information content (AvgIpc) is 3.22. The van der Waals surface area contributed by atoms with Crippen LogP contribution in [0.4, 0.5) is 5.69 Å². The van der Waals surface area contributed by atoms with E-state index in [1.165, 1.54) is 11.3 Å². The number of rotatable bonds is 8. The van der Waals surface area contributed by atoms with Crippen LogP contribution in [0, 0.1) is 0 Å². The summed E-state index contributed by atoms with van der Waals surface area (Å²) in [4.78, 5) is 24.1. The molecule has 0 aliphatic rings. The van der Waals surface area contributed by atoms with Crippen LogP contribution in [-0.4, -0.2) is 18.4 Å². The Morgan fingerprint density at radius 3 is 2.52 bits per heavy atom. The van der Waals surface area contributed by atoms with Crippen molar-refractivity contribution in [1.82, 2.24) is 5.32 Å². The molecule has 6 heteroatoms. The first-order valence-electron chi connectivity index (χ1n) is 8.64. The second-order valence-corrected chi connectivity index (χ2v) is 6.61. The number of ether oxygens (including phenoxy) is 1. The van der Waals surface area contributed by atoms with Gasteiger partial charge in [-0.1, -0.05) is 30.3 Å². The lowest BCUT2D eigenvalue weighted by atomic mass is 10.2. The largest absolute Gasteiger partial charge is 0.455 e. The molecular formula is C21H20N2O3S. The number of benzene rings is 2. The van der Waals surface area contributed by atoms with Crippen molar-refractivity contribution in [2.45, 2.75) is 12.8 Å². The highest BCUT2D eigenvalue weighted by molar-refractivity contribution is 7.08. The van der Waals surface area contributed by atoms with Crippen LogP contribution in [0.5, 0.6) is 11.5 Å². The van der Waals surface area contributed by atoms with Crippen molar-refractivity contribution in [2.24, 2.45) is 0 Å². The lowest BCUT2D eigenvalue weighted by Crippen LogP contribution is -2.25. The fraction of sp³-hybridized carbons (Fsp3) is 0.143. The molecule has 0 aliphatic heterocycles. The molecule has 2 amide bonds. The molecule has 0 saturated carbocycles. The first kappa shape index (κ1) is 18.7. The molecule has 0 spiro atoms. The molecule has 5 nitrogen and oxygen atoms in total. The van der Waals surface area contributed by atoms with Crippen LogP contribution in [-0.2, 0) is 4.79 Å². The maximum Gasteiger partial charge on any atom is 0.252 e. The fourth-order valence-corrected chi connectivity index (χ4v) is 3.07. The number of carbonyl (C=O) groups is 2. The molecule has 3 rings (SSSR count). The van der Waals surface area contributed by atoms with E-state index in [2.05, 4.69) is 10.6 Å². The standard InChI is InChI=1S/C21H20N2O3S/c24-20(11-6-13-22-21(25)16-12-14-27-15-16)23-18-9-4-5-10-19(18)26-17-7-2-1-3-8-17/h1-5,7-10,12,14-15H,6,11,13H2,(H,22,25)(H,23,24). The predicted octanol–water partition coefficient (Wildman–Crippen LogP) is 4.69. The van der Waals surface area contributed by atoms with Gasteiger partial charge in [0, 0.05) is 23.9 Å². The lowest BCUT2D eigenvalue weighted by Gasteiger charge is -2.12. The van der Waals surface area contributed by atoms with Gasteiger partial charge in [-0.2, -0.15) is 11.3 Å². The number of hydrogen-bond donors (Lipinski definition) is 2. The molecule has 0 saturated heterocycles. The number of anilines is 1. The Labute approximate surface area is 162 Å². The minimum Gasteiger partial charge on any atom is -0.455 e. The summed E-state index contributed by atoms with van der Waals surface area (Å²) in [7, 11) is 0. The molecule has 2 aromatic carbocycles. The highest BCUT2D eigenvalue weighted by Gasteiger charge is 2.09. The summed E-state index contributed by atoms with van der Waals surface area (Å²) in [5.74, 6) is 1.06. The van der Waals surface area contributed by atoms with E-state index in [0.717, 1.165) is 0 Å². The van der Waals surface area contributed by atoms with Crippen molar-refractivity contribution >= 4 is 28.8 Å². The zero-order valence-corrected chi connectivity index (χ0v) is 15.5. The Balaban J connectivity index is 1.47. The molecule has 0 aliphatic carbocycles. The first-order valence-corrected chi connectivity index (χ1v) is 9.59. The van der Waals surface area contributed by atoms with Gasteiger partial charge in [0.1, 0.15) is 5.75 Å². The maximum atomic E-state index is 12.2. The van der Waals surface area contributed by atoms with E-state index in [-0.39, 0.29) is 11.8 Å². The van der Waals surface area contributed by atoms with Crippen LogP contribution in [0.1, 0.15) is 23.2 Å². The van der Waals surface area contributed by atoms with Crippen molar-refractivity contribution in [3.05, 3.63) is 77.0 Å². The van der Waals surface area contributed by atoms with Crippen molar-refractivity contribution in [3.63, 3.8) is 0 Å². The Kier molecular flexibility index (Phi) is 6.60. The molecule has 0 atom stereocenters. The Morgan fingerprint density at radius 1 is 0.963 bits per heavy atom. The third-order valence-corrected chi connectivity index (χ3v) is 4.46. The third kappa shape index (κ3) is 5.69. The van der Waals surface area contributed by atoms with Gasteiger partial charge in [-0.15, -0.1) is 0 Å². The molecule has 0 radical (unpaired) electrons. The Morgan fingerprint density at radius 2 is 1.74 bits per heavy atom. The van der Waals surface area contributed by atoms with Crippen molar-refractivity contribution in [3.8, 4) is 11.5 Å². The van der Waals surface area contributed by atoms with Crippen LogP contribution in [0.25, 0.3) is 0 Å². The van der Waals surface area contributed by atoms with E-state index in [1.54, 1.807) is 17.5 Å². The van der Waals surface area contributed by atoms with Crippen LogP contribution < -0.4 is 15.4 Å². The SMILES string of the molecule is O=C(CCCNC(=O)c1ccsc1)Nc1ccccc1Oc1ccccc1. The van der Waals surface area contributed by atoms with E-state index in [0.29, 0.717) is 42.1 Å². The minimum absolute atomic E-state index is 0.113. The van der Waals surface area contributed by atoms with E-state index in [4.69, 9.17) is 4.74 Å². The summed E-state index contributed by atoms with van der Waals surface area (Å²) in [5.41, 5.74) is 1.27. The summed E-state index contributed by atoms with van der Waals surface area (Å²) in [6.45, 7) is 0.449. The Hall–Kier alpha value is -3.12. The third-order valence-electron chi connectivity index (χ3n) is 3.78. The molecule has 3 aromatic rings. The number of hydrogen-bond acceptors (Lipinski definition) is 4. The van der Waals surface area contributed by atoms with Crippen LogP contribution >= 0.6 is 11.3 Å². The summed E-state index contributed by atoms with van der Waals surface area (Å²) < 4.78 is 5.84. The lowest BCUT2D eigenvalue weighted by molar-refractivity contribution is -0.116. The number of amides is 2. The molecule has 138 valence electrons. The fourth-order valence-electron chi connectivity index (χ4n) is 2.43. The zero-order valence-electron chi connectivity index (χ0n) is 14.7. The van der Waals surface area contributed by atoms with Gasteiger partial charge >= 0.3 is 0 Å². The summed E-state index contributed by atoms with van der Waals surface area (Å²) >= 11 is 1.48. The highest BCUT2D eigenvalue weighted by Crippen LogP contribution is 2.29. The van der Waals surface area contributed by atoms with E-state index < -0.39 is 0 Å². The quantitative estimate of drug-likeness (QED) is 0.557. The zero-order chi connectivity index (χ0) is 18.9. The van der Waals surface area contributed by atoms with Gasteiger partial charge in [0.05, 0.1) is 5.69 Å². The van der Waals surface area contributed by atoms with Crippen LogP contribution in [0.15, 0.2) is 71.4 Å². The second-order valence-electron chi connectivity index (χ2n) is 5.83. The van der Waals surface area contributed by atoms with Gasteiger partial charge < -0.3 is 15.4 Å². The minimum atomic E-state index is -0.121. The molecule has 0 bridgehead atoms. The van der Waals surface area contributed by atoms with Crippen LogP contribution in [0.2, 0.25) is 0 Å². The smallest absolute Gasteiger partial charge is 0.252 e. The van der Waals surface area contributed by atoms with Crippen molar-refractivity contribution < 1.29 is 14.3 Å². The Bertz CT molecular complexity index is 879. The molecule has 2 N–H and O–H groups in total. The molecular weight excluding hydrogens is 360 g/mol. The van der Waals surface area contributed by atoms with E-state index in [1.807, 2.05) is 53.9 Å². The summed E-state index contributed by atoms with van der Waals surface area (Å²) in [6.07, 6.45) is 0.868. The summed E-state index contributed by atoms with van der Waals surface area (Å²) in [6, 6.07) is 18.5. The number of thiophene rings is 1. The normalized spacial score (nSPS) is 10.2. The monoisotopic (exact) mass is 380 g/mol. The maximum absolute atomic E-state index is 12.2. The van der Waals surface area contributed by atoms with Gasteiger partial charge in [0.2, 0.25) is 5.91 Å². The topological polar surface area (TPSA) is 67.4 Å². The molecule has 1 aromatic heterocycles. The molecule has 0 unspecified atom stereocenters. The van der Waals surface area contributed by atoms with Gasteiger partial charge in [0.25, 0.3) is 5.91 Å². The van der Waals surface area contributed by atoms with E-state index in [9.17, 15) is 9.59 Å². The molecule has 0 fully saturated rings. The van der Waals surface area contributed by atoms with E-state index >= 15 is 0 Å². The number of nitrogens with one attached hydrogen (secondary N) is 2. The molecule has 27 heavy (non-hydrogen) atoms. The average molecular weight is 380 g/mol. The van der Waals surface area contributed by atoms with Crippen molar-refractivity contribution in [2.75, 3.05) is 11.9 Å². The van der Waals surface area contributed by atoms with Crippen molar-refractivity contribution in [1.29, 1.82) is 0 Å². The second kappa shape index (κ2) is 9.54. The number of para-hydroxylation sites is 3. The summed E-state index contributed by atoms with van der Waals surface area (Å²) in [5, 5.41) is 9.34.